The number of aromatic nitrogens is 1. The molecule has 1 aromatic carbocycles. The number of carbonyl (C=O) groups is 1. The van der Waals surface area contributed by atoms with E-state index in [2.05, 4.69) is 15.5 Å². The lowest BCUT2D eigenvalue weighted by molar-refractivity contribution is -0.135. The van der Waals surface area contributed by atoms with Gasteiger partial charge >= 0.3 is 0 Å². The summed E-state index contributed by atoms with van der Waals surface area (Å²) in [7, 11) is 1.62. The molecule has 0 saturated carbocycles. The number of carbonyl (C=O) groups excluding carboxylic acids is 1. The van der Waals surface area contributed by atoms with Gasteiger partial charge in [-0.15, -0.1) is 0 Å². The number of rotatable bonds is 4. The Bertz CT molecular complexity index is 769. The standard InChI is InChI=1S/C18H19N3O3/c1-12-4-9-16(19-11-12)20-17(22)18(2)10-15(21-24-18)13-5-7-14(23-3)8-6-13/h4-9,11H,10H2,1-3H3,(H,19,20,22)/t18-/m1/s1. The van der Waals surface area contributed by atoms with Gasteiger partial charge in [-0.1, -0.05) is 11.2 Å². The zero-order valence-electron chi connectivity index (χ0n) is 13.9. The monoisotopic (exact) mass is 325 g/mol. The van der Waals surface area contributed by atoms with E-state index >= 15 is 0 Å². The summed E-state index contributed by atoms with van der Waals surface area (Å²) in [6.45, 7) is 3.66. The summed E-state index contributed by atoms with van der Waals surface area (Å²) < 4.78 is 5.14. The summed E-state index contributed by atoms with van der Waals surface area (Å²) in [4.78, 5) is 22.1. The van der Waals surface area contributed by atoms with E-state index in [1.165, 1.54) is 0 Å². The topological polar surface area (TPSA) is 72.8 Å². The van der Waals surface area contributed by atoms with Crippen molar-refractivity contribution in [3.05, 3.63) is 53.7 Å². The van der Waals surface area contributed by atoms with Crippen molar-refractivity contribution in [1.29, 1.82) is 0 Å². The van der Waals surface area contributed by atoms with Gasteiger partial charge in [-0.25, -0.2) is 4.98 Å². The maximum atomic E-state index is 12.5. The van der Waals surface area contributed by atoms with E-state index < -0.39 is 5.60 Å². The van der Waals surface area contributed by atoms with Crippen LogP contribution < -0.4 is 10.1 Å². The van der Waals surface area contributed by atoms with Gasteiger partial charge in [0.25, 0.3) is 5.91 Å². The minimum Gasteiger partial charge on any atom is -0.497 e. The first-order valence-corrected chi connectivity index (χ1v) is 7.64. The lowest BCUT2D eigenvalue weighted by atomic mass is 9.95. The largest absolute Gasteiger partial charge is 0.497 e. The second kappa shape index (κ2) is 6.31. The van der Waals surface area contributed by atoms with Crippen molar-refractivity contribution in [3.8, 4) is 5.75 Å². The van der Waals surface area contributed by atoms with Crippen molar-refractivity contribution < 1.29 is 14.4 Å². The van der Waals surface area contributed by atoms with Crippen LogP contribution in [0.25, 0.3) is 0 Å². The lowest BCUT2D eigenvalue weighted by Gasteiger charge is -2.20. The second-order valence-electron chi connectivity index (χ2n) is 5.94. The smallest absolute Gasteiger partial charge is 0.272 e. The molecule has 0 unspecified atom stereocenters. The molecule has 0 bridgehead atoms. The van der Waals surface area contributed by atoms with E-state index in [9.17, 15) is 4.79 Å². The molecule has 0 radical (unpaired) electrons. The highest BCUT2D eigenvalue weighted by atomic mass is 16.7. The van der Waals surface area contributed by atoms with Crippen LogP contribution in [0.2, 0.25) is 0 Å². The quantitative estimate of drug-likeness (QED) is 0.938. The number of amides is 1. The third-order valence-corrected chi connectivity index (χ3v) is 3.92. The van der Waals surface area contributed by atoms with Crippen LogP contribution in [0, 0.1) is 6.92 Å². The summed E-state index contributed by atoms with van der Waals surface area (Å²) in [5.74, 6) is 0.989. The van der Waals surface area contributed by atoms with E-state index in [-0.39, 0.29) is 5.91 Å². The molecule has 1 N–H and O–H groups in total. The van der Waals surface area contributed by atoms with Crippen LogP contribution in [0.1, 0.15) is 24.5 Å². The average Bonchev–Trinajstić information content (AvgIpc) is 3.01. The first-order chi connectivity index (χ1) is 11.5. The number of ether oxygens (including phenoxy) is 1. The fraction of sp³-hybridized carbons (Fsp3) is 0.278. The highest BCUT2D eigenvalue weighted by Gasteiger charge is 2.42. The highest BCUT2D eigenvalue weighted by Crippen LogP contribution is 2.28. The second-order valence-corrected chi connectivity index (χ2v) is 5.94. The molecule has 0 aliphatic carbocycles. The Kier molecular flexibility index (Phi) is 4.20. The van der Waals surface area contributed by atoms with Gasteiger partial charge in [-0.05, 0) is 55.3 Å². The van der Waals surface area contributed by atoms with Gasteiger partial charge in [-0.3, -0.25) is 4.79 Å². The van der Waals surface area contributed by atoms with Gasteiger partial charge < -0.3 is 14.9 Å². The Morgan fingerprint density at radius 2 is 2.00 bits per heavy atom. The first kappa shape index (κ1) is 16.0. The Morgan fingerprint density at radius 1 is 1.25 bits per heavy atom. The van der Waals surface area contributed by atoms with Crippen LogP contribution in [0.3, 0.4) is 0 Å². The van der Waals surface area contributed by atoms with Crippen molar-refractivity contribution in [1.82, 2.24) is 4.98 Å². The van der Waals surface area contributed by atoms with Crippen molar-refractivity contribution in [2.75, 3.05) is 12.4 Å². The number of nitrogens with one attached hydrogen (secondary N) is 1. The van der Waals surface area contributed by atoms with Gasteiger partial charge in [0.1, 0.15) is 11.6 Å². The molecule has 2 heterocycles. The van der Waals surface area contributed by atoms with Crippen LogP contribution >= 0.6 is 0 Å². The molecule has 1 aliphatic rings. The molecule has 0 saturated heterocycles. The summed E-state index contributed by atoms with van der Waals surface area (Å²) in [5.41, 5.74) is 1.61. The summed E-state index contributed by atoms with van der Waals surface area (Å²) in [5, 5.41) is 6.86. The van der Waals surface area contributed by atoms with Crippen molar-refractivity contribution in [2.45, 2.75) is 25.9 Å². The Hall–Kier alpha value is -2.89. The number of aryl methyl sites for hydroxylation is 1. The Labute approximate surface area is 140 Å². The molecule has 1 amide bonds. The van der Waals surface area contributed by atoms with Crippen molar-refractivity contribution in [2.24, 2.45) is 5.16 Å². The maximum Gasteiger partial charge on any atom is 0.272 e. The Morgan fingerprint density at radius 3 is 2.62 bits per heavy atom. The molecule has 0 fully saturated rings. The maximum absolute atomic E-state index is 12.5. The minimum atomic E-state index is -1.05. The number of hydrogen-bond donors (Lipinski definition) is 1. The predicted octanol–water partition coefficient (Wildman–Crippen LogP) is 2.92. The molecule has 1 aliphatic heterocycles. The van der Waals surface area contributed by atoms with Crippen LogP contribution in [0.4, 0.5) is 5.82 Å². The fourth-order valence-corrected chi connectivity index (χ4v) is 2.39. The van der Waals surface area contributed by atoms with E-state index in [1.807, 2.05) is 37.3 Å². The van der Waals surface area contributed by atoms with Crippen LogP contribution in [0.5, 0.6) is 5.75 Å². The number of hydrogen-bond acceptors (Lipinski definition) is 5. The molecule has 3 rings (SSSR count). The van der Waals surface area contributed by atoms with Gasteiger partial charge in [0.2, 0.25) is 5.60 Å². The lowest BCUT2D eigenvalue weighted by Crippen LogP contribution is -2.40. The first-order valence-electron chi connectivity index (χ1n) is 7.64. The zero-order valence-corrected chi connectivity index (χ0v) is 13.9. The molecular formula is C18H19N3O3. The number of methoxy groups -OCH3 is 1. The van der Waals surface area contributed by atoms with Crippen molar-refractivity contribution >= 4 is 17.4 Å². The highest BCUT2D eigenvalue weighted by molar-refractivity contribution is 6.07. The van der Waals surface area contributed by atoms with E-state index in [1.54, 1.807) is 26.3 Å². The van der Waals surface area contributed by atoms with E-state index in [0.29, 0.717) is 12.2 Å². The fourth-order valence-electron chi connectivity index (χ4n) is 2.39. The Balaban J connectivity index is 1.69. The summed E-state index contributed by atoms with van der Waals surface area (Å²) in [6, 6.07) is 11.1. The number of oxime groups is 1. The molecule has 124 valence electrons. The summed E-state index contributed by atoms with van der Waals surface area (Å²) in [6.07, 6.45) is 2.09. The molecule has 1 atom stereocenters. The van der Waals surface area contributed by atoms with E-state index in [0.717, 1.165) is 22.6 Å². The molecule has 0 spiro atoms. The normalized spacial score (nSPS) is 19.4. The van der Waals surface area contributed by atoms with Gasteiger partial charge in [0.15, 0.2) is 0 Å². The SMILES string of the molecule is COc1ccc(C2=NO[C@@](C)(C(=O)Nc3ccc(C)cn3)C2)cc1. The number of pyridine rings is 1. The third kappa shape index (κ3) is 3.22. The molecule has 24 heavy (non-hydrogen) atoms. The minimum absolute atomic E-state index is 0.272. The molecule has 1 aromatic heterocycles. The molecule has 6 heteroatoms. The summed E-state index contributed by atoms with van der Waals surface area (Å²) >= 11 is 0. The number of anilines is 1. The van der Waals surface area contributed by atoms with Gasteiger partial charge in [0.05, 0.1) is 12.8 Å². The number of benzene rings is 1. The van der Waals surface area contributed by atoms with Crippen molar-refractivity contribution in [3.63, 3.8) is 0 Å². The number of nitrogens with zero attached hydrogens (tertiary/aromatic N) is 2. The average molecular weight is 325 g/mol. The predicted molar refractivity (Wildman–Crippen MR) is 91.2 cm³/mol. The zero-order chi connectivity index (χ0) is 17.2. The van der Waals surface area contributed by atoms with Gasteiger partial charge in [0, 0.05) is 12.6 Å². The van der Waals surface area contributed by atoms with Crippen LogP contribution in [-0.4, -0.2) is 29.3 Å². The van der Waals surface area contributed by atoms with Crippen LogP contribution in [-0.2, 0) is 9.63 Å². The molecule has 2 aromatic rings. The van der Waals surface area contributed by atoms with E-state index in [4.69, 9.17) is 9.57 Å². The van der Waals surface area contributed by atoms with Gasteiger partial charge in [-0.2, -0.15) is 0 Å². The molecule has 6 nitrogen and oxygen atoms in total. The van der Waals surface area contributed by atoms with Crippen LogP contribution in [0.15, 0.2) is 47.8 Å². The molecular weight excluding hydrogens is 306 g/mol. The third-order valence-electron chi connectivity index (χ3n) is 3.92.